The Kier molecular flexibility index (Phi) is 9.80. The van der Waals surface area contributed by atoms with E-state index in [0.29, 0.717) is 56.2 Å². The van der Waals surface area contributed by atoms with Gasteiger partial charge in [-0.1, -0.05) is 285 Å². The van der Waals surface area contributed by atoms with Crippen molar-refractivity contribution in [2.45, 2.75) is 0 Å². The van der Waals surface area contributed by atoms with Crippen LogP contribution in [0.25, 0.3) is 154 Å². The van der Waals surface area contributed by atoms with Crippen LogP contribution in [-0.2, 0) is 0 Å². The molecule has 482 valence electrons. The fourth-order valence-corrected chi connectivity index (χ4v) is 16.7. The van der Waals surface area contributed by atoms with Crippen molar-refractivity contribution in [2.75, 3.05) is 9.80 Å². The van der Waals surface area contributed by atoms with E-state index >= 15 is 0 Å². The van der Waals surface area contributed by atoms with Gasteiger partial charge in [0.15, 0.2) is 0 Å². The Morgan fingerprint density at radius 1 is 0.260 bits per heavy atom. The molecule has 5 nitrogen and oxygen atoms in total. The first-order valence-electron chi connectivity index (χ1n) is 42.6. The molecule has 2 aliphatic rings. The Morgan fingerprint density at radius 3 is 1.17 bits per heavy atom. The van der Waals surface area contributed by atoms with Crippen LogP contribution in [0.5, 0.6) is 0 Å². The molecule has 0 radical (unpaired) electrons. The Labute approximate surface area is 623 Å². The summed E-state index contributed by atoms with van der Waals surface area (Å²) < 4.78 is 162. The number of aromatic nitrogens is 2. The van der Waals surface area contributed by atoms with Crippen LogP contribution in [0.1, 0.15) is 21.9 Å². The lowest BCUT2D eigenvalue weighted by molar-refractivity contribution is 0.669. The van der Waals surface area contributed by atoms with E-state index in [4.69, 9.17) is 9.90 Å². The summed E-state index contributed by atoms with van der Waals surface area (Å²) in [4.78, 5) is 4.60. The third kappa shape index (κ3) is 8.76. The number of anilines is 6. The molecular weight excluding hydrogens is 1260 g/mol. The molecule has 5 heterocycles. The molecule has 0 aliphatic carbocycles. The van der Waals surface area contributed by atoms with Crippen LogP contribution in [0, 0.1) is 0 Å². The van der Waals surface area contributed by atoms with Crippen molar-refractivity contribution in [1.82, 2.24) is 9.13 Å². The normalized spacial score (nSPS) is 14.7. The Balaban J connectivity index is 0.952. The fourth-order valence-electron chi connectivity index (χ4n) is 16.7. The molecule has 0 spiro atoms. The smallest absolute Gasteiger partial charge is 0.252 e. The molecule has 0 atom stereocenters. The van der Waals surface area contributed by atoms with Gasteiger partial charge in [0.05, 0.1) is 55.4 Å². The molecular formula is C98H61BN4O. The summed E-state index contributed by atoms with van der Waals surface area (Å²) in [5, 5.41) is 5.58. The highest BCUT2D eigenvalue weighted by molar-refractivity contribution is 7.00. The maximum Gasteiger partial charge on any atom is 0.252 e. The van der Waals surface area contributed by atoms with Gasteiger partial charge in [-0.3, -0.25) is 0 Å². The molecule has 0 saturated carbocycles. The fraction of sp³-hybridized carbons (Fsp3) is 0. The molecule has 0 unspecified atom stereocenters. The number of hydrogen-bond donors (Lipinski definition) is 0. The molecule has 0 amide bonds. The van der Waals surface area contributed by atoms with Gasteiger partial charge in [-0.25, -0.2) is 0 Å². The van der Waals surface area contributed by atoms with Gasteiger partial charge in [0.1, 0.15) is 11.2 Å². The lowest BCUT2D eigenvalue weighted by Gasteiger charge is -2.46. The average molecular weight is 1340 g/mol. The van der Waals surface area contributed by atoms with Gasteiger partial charge in [0.2, 0.25) is 0 Å². The zero-order valence-corrected chi connectivity index (χ0v) is 55.3. The van der Waals surface area contributed by atoms with Gasteiger partial charge in [0, 0.05) is 88.7 Å². The summed E-state index contributed by atoms with van der Waals surface area (Å²) in [5.41, 5.74) is 16.1. The predicted molar refractivity (Wildman–Crippen MR) is 439 cm³/mol. The number of fused-ring (bicyclic) bond motifs is 16. The van der Waals surface area contributed by atoms with Crippen LogP contribution >= 0.6 is 0 Å². The minimum Gasteiger partial charge on any atom is -0.456 e. The largest absolute Gasteiger partial charge is 0.456 e. The Hall–Kier alpha value is -13.7. The molecule has 0 bridgehead atoms. The van der Waals surface area contributed by atoms with Gasteiger partial charge in [0.25, 0.3) is 6.71 Å². The number of nitrogens with zero attached hydrogens (tertiary/aromatic N) is 4. The lowest BCUT2D eigenvalue weighted by Crippen LogP contribution is -2.61. The second-order valence-corrected chi connectivity index (χ2v) is 26.6. The van der Waals surface area contributed by atoms with Crippen LogP contribution in [0.2, 0.25) is 0 Å². The first kappa shape index (κ1) is 44.5. The van der Waals surface area contributed by atoms with E-state index in [1.54, 1.807) is 9.13 Å². The van der Waals surface area contributed by atoms with E-state index in [1.807, 2.05) is 140 Å². The van der Waals surface area contributed by atoms with Crippen LogP contribution in [0.3, 0.4) is 0 Å². The summed E-state index contributed by atoms with van der Waals surface area (Å²) in [5.74, 6) is 0. The number of furan rings is 1. The van der Waals surface area contributed by atoms with Crippen molar-refractivity contribution in [3.8, 4) is 67.0 Å². The minimum atomic E-state index is -0.811. The highest BCUT2D eigenvalue weighted by atomic mass is 16.3. The van der Waals surface area contributed by atoms with E-state index < -0.39 is 103 Å². The van der Waals surface area contributed by atoms with Crippen molar-refractivity contribution >= 4 is 144 Å². The van der Waals surface area contributed by atoms with Gasteiger partial charge in [-0.2, -0.15) is 0 Å². The van der Waals surface area contributed by atoms with Crippen molar-refractivity contribution in [3.63, 3.8) is 0 Å². The van der Waals surface area contributed by atoms with E-state index in [-0.39, 0.29) is 43.6 Å². The summed E-state index contributed by atoms with van der Waals surface area (Å²) in [6.45, 7) is -0.811. The van der Waals surface area contributed by atoms with E-state index in [0.717, 1.165) is 105 Å². The van der Waals surface area contributed by atoms with Crippen LogP contribution in [-0.4, -0.2) is 15.8 Å². The van der Waals surface area contributed by atoms with E-state index in [1.165, 1.54) is 0 Å². The van der Waals surface area contributed by atoms with Crippen molar-refractivity contribution in [2.24, 2.45) is 0 Å². The maximum absolute atomic E-state index is 9.92. The lowest BCUT2D eigenvalue weighted by atomic mass is 9.33. The van der Waals surface area contributed by atoms with Crippen LogP contribution in [0.15, 0.2) is 374 Å². The number of para-hydroxylation sites is 7. The van der Waals surface area contributed by atoms with Crippen molar-refractivity contribution in [1.29, 1.82) is 0 Å². The van der Waals surface area contributed by atoms with Gasteiger partial charge >= 0.3 is 0 Å². The third-order valence-electron chi connectivity index (χ3n) is 21.2. The van der Waals surface area contributed by atoms with Gasteiger partial charge in [-0.05, 0) is 156 Å². The van der Waals surface area contributed by atoms with Crippen molar-refractivity contribution < 1.29 is 26.3 Å². The second kappa shape index (κ2) is 22.9. The number of hydrogen-bond acceptors (Lipinski definition) is 3. The zero-order valence-electron chi connectivity index (χ0n) is 71.3. The summed E-state index contributed by atoms with van der Waals surface area (Å²) >= 11 is 0. The second-order valence-electron chi connectivity index (χ2n) is 26.6. The molecule has 0 saturated heterocycles. The molecule has 20 aromatic rings. The first-order valence-corrected chi connectivity index (χ1v) is 34.6. The molecule has 22 rings (SSSR count). The SMILES string of the molecule is [2H]c1c([2H])c([2H])c2c(c1[2H])c1c([2H])c([2H])c([2H])c([2H])c1n2-c1ccc2c(c1)N(c1c(-c3ccccc3)cccc1-c1ccccc1)c1cc(-c3ccc4oc5ccccc5c4c3)cc3c1B2c1ccc(-n2c4c([2H])c([2H])c([2H])c([2H])c4c4c([2H])c([2H])c([2H])c([2H])c42)cc1N3c1c(-c2ccccc2)cccc1-c1ccc2ccc3ccccc3c2c1. The predicted octanol–water partition coefficient (Wildman–Crippen LogP) is 24.5. The molecule has 104 heavy (non-hydrogen) atoms. The van der Waals surface area contributed by atoms with E-state index in [9.17, 15) is 16.4 Å². The third-order valence-corrected chi connectivity index (χ3v) is 21.2. The summed E-state index contributed by atoms with van der Waals surface area (Å²) in [7, 11) is 0. The summed E-state index contributed by atoms with van der Waals surface area (Å²) in [6, 6.07) is 84.1. The highest BCUT2D eigenvalue weighted by Gasteiger charge is 2.46. The quantitative estimate of drug-likeness (QED) is 0.107. The highest BCUT2D eigenvalue weighted by Crippen LogP contribution is 2.55. The molecule has 3 aromatic heterocycles. The molecule has 17 aromatic carbocycles. The van der Waals surface area contributed by atoms with Gasteiger partial charge < -0.3 is 23.4 Å². The van der Waals surface area contributed by atoms with E-state index in [2.05, 4.69) is 143 Å². The maximum atomic E-state index is 9.92. The molecule has 0 fully saturated rings. The molecule has 2 aliphatic heterocycles. The van der Waals surface area contributed by atoms with Gasteiger partial charge in [-0.15, -0.1) is 0 Å². The standard InChI is InChI=1S/C98H61BN4O/c1-4-24-62(25-5-1)73-37-22-38-74(63-26-6-2-7-27-63)97(73)102-90-60-70(100-86-41-17-12-32-77(86)78-33-13-18-42-87(78)100)51-53-84(90)99-85-54-52-71(101-88-43-19-14-34-79(88)80-35-15-20-44-89(80)101)61-91(85)103(93-59-69(58-92(102)96(93)99)67-50-55-95-83(56-67)81-36-16-21-45-94(81)104-95)98-75(64-28-8-3-9-29-64)39-23-40-76(98)68-49-48-66-47-46-65-30-10-11-31-72(65)82(66)57-68/h1-61H/i12D,13D,14D,15D,17D,18D,19D,20D,32D,33D,34D,35D,41D,42D,43D,44D. The van der Waals surface area contributed by atoms with Crippen molar-refractivity contribution in [3.05, 3.63) is 370 Å². The Morgan fingerprint density at radius 2 is 0.663 bits per heavy atom. The topological polar surface area (TPSA) is 29.5 Å². The Bertz CT molecular complexity index is 7760. The molecule has 0 N–H and O–H groups in total. The van der Waals surface area contributed by atoms with Crippen LogP contribution in [0.4, 0.5) is 34.1 Å². The summed E-state index contributed by atoms with van der Waals surface area (Å²) in [6.07, 6.45) is 0. The average Bonchev–Trinajstić information content (AvgIpc) is 1.42. The number of rotatable bonds is 9. The first-order chi connectivity index (χ1) is 58.3. The monoisotopic (exact) mass is 1340 g/mol. The van der Waals surface area contributed by atoms with Crippen LogP contribution < -0.4 is 26.2 Å². The zero-order chi connectivity index (χ0) is 82.0. The molecule has 6 heteroatoms. The minimum absolute atomic E-state index is 0.0643. The number of benzene rings is 17.